The zero-order valence-corrected chi connectivity index (χ0v) is 14.1. The van der Waals surface area contributed by atoms with Crippen molar-refractivity contribution in [1.82, 2.24) is 9.78 Å². The fourth-order valence-corrected chi connectivity index (χ4v) is 3.15. The largest absolute Gasteiger partial charge is 0.464 e. The summed E-state index contributed by atoms with van der Waals surface area (Å²) in [7, 11) is -1.91. The van der Waals surface area contributed by atoms with E-state index < -0.39 is 15.8 Å². The van der Waals surface area contributed by atoms with E-state index >= 15 is 0 Å². The molecule has 0 aliphatic rings. The molecule has 0 fully saturated rings. The van der Waals surface area contributed by atoms with Crippen LogP contribution in [0.25, 0.3) is 10.9 Å². The van der Waals surface area contributed by atoms with Gasteiger partial charge >= 0.3 is 5.97 Å². The molecule has 2 aromatic carbocycles. The Kier molecular flexibility index (Phi) is 4.11. The Labute approximate surface area is 139 Å². The highest BCUT2D eigenvalue weighted by Gasteiger charge is 2.19. The molecule has 0 bridgehead atoms. The molecule has 0 atom stereocenters. The molecule has 0 radical (unpaired) electrons. The molecule has 0 N–H and O–H groups in total. The highest BCUT2D eigenvalue weighted by molar-refractivity contribution is 7.90. The minimum atomic E-state index is -3.24. The summed E-state index contributed by atoms with van der Waals surface area (Å²) in [6, 6.07) is 13.8. The van der Waals surface area contributed by atoms with E-state index in [9.17, 15) is 13.2 Å². The molecule has 0 spiro atoms. The molecule has 3 rings (SSSR count). The van der Waals surface area contributed by atoms with Crippen molar-refractivity contribution >= 4 is 26.7 Å². The number of benzene rings is 2. The van der Waals surface area contributed by atoms with Gasteiger partial charge in [0.15, 0.2) is 15.5 Å². The number of methoxy groups -OCH3 is 1. The Hall–Kier alpha value is -2.67. The molecule has 124 valence electrons. The second-order valence-corrected chi connectivity index (χ2v) is 7.45. The number of aromatic nitrogens is 2. The molecular weight excluding hydrogens is 328 g/mol. The van der Waals surface area contributed by atoms with E-state index in [-0.39, 0.29) is 4.90 Å². The zero-order chi connectivity index (χ0) is 17.3. The first-order chi connectivity index (χ1) is 11.4. The number of hydrogen-bond acceptors (Lipinski definition) is 5. The first kappa shape index (κ1) is 16.2. The normalized spacial score (nSPS) is 11.6. The van der Waals surface area contributed by atoms with E-state index in [1.165, 1.54) is 7.11 Å². The van der Waals surface area contributed by atoms with Crippen LogP contribution in [-0.4, -0.2) is 37.5 Å². The average Bonchev–Trinajstić information content (AvgIpc) is 2.91. The Morgan fingerprint density at radius 2 is 1.79 bits per heavy atom. The van der Waals surface area contributed by atoms with Gasteiger partial charge in [0.25, 0.3) is 0 Å². The van der Waals surface area contributed by atoms with Crippen LogP contribution in [0.4, 0.5) is 0 Å². The Balaban J connectivity index is 2.02. The SMILES string of the molecule is COC(=O)c1c2ccccc2nn1Cc1ccc(S(C)(=O)=O)cc1. The van der Waals surface area contributed by atoms with Crippen molar-refractivity contribution in [3.05, 3.63) is 59.8 Å². The number of hydrogen-bond donors (Lipinski definition) is 0. The van der Waals surface area contributed by atoms with Crippen LogP contribution in [-0.2, 0) is 21.1 Å². The number of fused-ring (bicyclic) bond motifs is 1. The van der Waals surface area contributed by atoms with Crippen LogP contribution in [0.5, 0.6) is 0 Å². The molecule has 3 aromatic rings. The molecule has 6 nitrogen and oxygen atoms in total. The van der Waals surface area contributed by atoms with Gasteiger partial charge in [-0.15, -0.1) is 0 Å². The lowest BCUT2D eigenvalue weighted by Crippen LogP contribution is -2.13. The lowest BCUT2D eigenvalue weighted by Gasteiger charge is -2.07. The molecule has 0 aliphatic carbocycles. The topological polar surface area (TPSA) is 78.3 Å². The van der Waals surface area contributed by atoms with Gasteiger partial charge in [0, 0.05) is 11.6 Å². The summed E-state index contributed by atoms with van der Waals surface area (Å²) in [5.41, 5.74) is 1.91. The van der Waals surface area contributed by atoms with Gasteiger partial charge in [-0.25, -0.2) is 13.2 Å². The maximum atomic E-state index is 12.1. The van der Waals surface area contributed by atoms with Gasteiger partial charge in [-0.1, -0.05) is 30.3 Å². The molecule has 7 heteroatoms. The van der Waals surface area contributed by atoms with Gasteiger partial charge in [0.2, 0.25) is 0 Å². The van der Waals surface area contributed by atoms with Gasteiger partial charge in [-0.05, 0) is 23.8 Å². The highest BCUT2D eigenvalue weighted by Crippen LogP contribution is 2.20. The molecule has 0 saturated heterocycles. The monoisotopic (exact) mass is 344 g/mol. The van der Waals surface area contributed by atoms with E-state index in [0.29, 0.717) is 17.8 Å². The molecule has 24 heavy (non-hydrogen) atoms. The summed E-state index contributed by atoms with van der Waals surface area (Å²) in [6.45, 7) is 0.336. The third-order valence-electron chi connectivity index (χ3n) is 3.71. The lowest BCUT2D eigenvalue weighted by molar-refractivity contribution is 0.0589. The molecule has 1 heterocycles. The van der Waals surface area contributed by atoms with Crippen LogP contribution >= 0.6 is 0 Å². The van der Waals surface area contributed by atoms with Gasteiger partial charge < -0.3 is 4.74 Å². The second kappa shape index (κ2) is 6.09. The maximum Gasteiger partial charge on any atom is 0.356 e. The van der Waals surface area contributed by atoms with Crippen LogP contribution in [0, 0.1) is 0 Å². The Morgan fingerprint density at radius 3 is 2.42 bits per heavy atom. The van der Waals surface area contributed by atoms with Gasteiger partial charge in [0.05, 0.1) is 24.1 Å². The summed E-state index contributed by atoms with van der Waals surface area (Å²) in [6.07, 6.45) is 1.16. The molecule has 0 unspecified atom stereocenters. The third kappa shape index (κ3) is 3.03. The highest BCUT2D eigenvalue weighted by atomic mass is 32.2. The minimum Gasteiger partial charge on any atom is -0.464 e. The number of rotatable bonds is 4. The zero-order valence-electron chi connectivity index (χ0n) is 13.3. The summed E-state index contributed by atoms with van der Waals surface area (Å²) in [4.78, 5) is 12.4. The number of carbonyl (C=O) groups excluding carboxylic acids is 1. The molecule has 0 saturated carbocycles. The lowest BCUT2D eigenvalue weighted by atomic mass is 10.2. The average molecular weight is 344 g/mol. The summed E-state index contributed by atoms with van der Waals surface area (Å²) in [5, 5.41) is 5.17. The predicted octanol–water partition coefficient (Wildman–Crippen LogP) is 2.27. The maximum absolute atomic E-state index is 12.1. The first-order valence-corrected chi connectivity index (χ1v) is 9.12. The Bertz CT molecular complexity index is 1000. The van der Waals surface area contributed by atoms with Gasteiger partial charge in [-0.3, -0.25) is 4.68 Å². The van der Waals surface area contributed by atoms with E-state index in [0.717, 1.165) is 17.2 Å². The second-order valence-electron chi connectivity index (χ2n) is 5.43. The fraction of sp³-hybridized carbons (Fsp3) is 0.176. The molecule has 0 amide bonds. The number of ether oxygens (including phenoxy) is 1. The Morgan fingerprint density at radius 1 is 1.12 bits per heavy atom. The molecule has 1 aromatic heterocycles. The van der Waals surface area contributed by atoms with Crippen molar-refractivity contribution < 1.29 is 17.9 Å². The quantitative estimate of drug-likeness (QED) is 0.679. The predicted molar refractivity (Wildman–Crippen MR) is 89.7 cm³/mol. The van der Waals surface area contributed by atoms with E-state index in [2.05, 4.69) is 5.10 Å². The van der Waals surface area contributed by atoms with Crippen LogP contribution in [0.1, 0.15) is 16.1 Å². The van der Waals surface area contributed by atoms with Gasteiger partial charge in [-0.2, -0.15) is 5.10 Å². The number of sulfone groups is 1. The van der Waals surface area contributed by atoms with Crippen LogP contribution in [0.15, 0.2) is 53.4 Å². The van der Waals surface area contributed by atoms with Crippen LogP contribution < -0.4 is 0 Å². The van der Waals surface area contributed by atoms with Crippen molar-refractivity contribution in [3.8, 4) is 0 Å². The number of nitrogens with zero attached hydrogens (tertiary/aromatic N) is 2. The third-order valence-corrected chi connectivity index (χ3v) is 4.84. The van der Waals surface area contributed by atoms with Crippen molar-refractivity contribution in [1.29, 1.82) is 0 Å². The number of esters is 1. The van der Waals surface area contributed by atoms with E-state index in [4.69, 9.17) is 4.74 Å². The minimum absolute atomic E-state index is 0.255. The van der Waals surface area contributed by atoms with Gasteiger partial charge in [0.1, 0.15) is 0 Å². The summed E-state index contributed by atoms with van der Waals surface area (Å²) < 4.78 is 29.5. The fourth-order valence-electron chi connectivity index (χ4n) is 2.52. The molecular formula is C17H16N2O4S. The van der Waals surface area contributed by atoms with Crippen LogP contribution in [0.3, 0.4) is 0 Å². The van der Waals surface area contributed by atoms with E-state index in [1.807, 2.05) is 24.3 Å². The van der Waals surface area contributed by atoms with Crippen molar-refractivity contribution in [2.45, 2.75) is 11.4 Å². The smallest absolute Gasteiger partial charge is 0.356 e. The summed E-state index contributed by atoms with van der Waals surface area (Å²) in [5.74, 6) is -0.462. The standard InChI is InChI=1S/C17H16N2O4S/c1-23-17(20)16-14-5-3-4-6-15(14)18-19(16)11-12-7-9-13(10-8-12)24(2,21)22/h3-10H,11H2,1-2H3. The number of carbonyl (C=O) groups is 1. The van der Waals surface area contributed by atoms with Crippen molar-refractivity contribution in [2.24, 2.45) is 0 Å². The van der Waals surface area contributed by atoms with Crippen molar-refractivity contribution in [2.75, 3.05) is 13.4 Å². The van der Waals surface area contributed by atoms with Crippen molar-refractivity contribution in [3.63, 3.8) is 0 Å². The molecule has 0 aliphatic heterocycles. The first-order valence-electron chi connectivity index (χ1n) is 7.23. The summed E-state index contributed by atoms with van der Waals surface area (Å²) >= 11 is 0. The van der Waals surface area contributed by atoms with E-state index in [1.54, 1.807) is 28.9 Å². The van der Waals surface area contributed by atoms with Crippen LogP contribution in [0.2, 0.25) is 0 Å².